The molecule has 3 atom stereocenters. The van der Waals surface area contributed by atoms with E-state index in [4.69, 9.17) is 19.3 Å². The Morgan fingerprint density at radius 1 is 1.28 bits per heavy atom. The van der Waals surface area contributed by atoms with Gasteiger partial charge in [-0.3, -0.25) is 14.7 Å². The first kappa shape index (κ1) is 26.3. The van der Waals surface area contributed by atoms with Crippen molar-refractivity contribution >= 4 is 34.2 Å². The molecule has 36 heavy (non-hydrogen) atoms. The number of hydrogen-bond acceptors (Lipinski definition) is 7. The lowest BCUT2D eigenvalue weighted by molar-refractivity contribution is -0.143. The zero-order valence-electron chi connectivity index (χ0n) is 21.0. The zero-order valence-corrected chi connectivity index (χ0v) is 22.6. The van der Waals surface area contributed by atoms with Crippen LogP contribution in [0.15, 0.2) is 40.2 Å². The molecule has 10 heteroatoms. The largest absolute Gasteiger partial charge is 0.466 e. The fourth-order valence-corrected chi connectivity index (χ4v) is 5.94. The molecule has 0 spiro atoms. The van der Waals surface area contributed by atoms with E-state index in [0.29, 0.717) is 45.6 Å². The lowest BCUT2D eigenvalue weighted by Gasteiger charge is -2.51. The normalized spacial score (nSPS) is 23.3. The van der Waals surface area contributed by atoms with Crippen LogP contribution in [0.2, 0.25) is 0 Å². The summed E-state index contributed by atoms with van der Waals surface area (Å²) in [6.07, 6.45) is 7.56. The van der Waals surface area contributed by atoms with Gasteiger partial charge in [0.25, 0.3) is 0 Å². The Morgan fingerprint density at radius 3 is 2.83 bits per heavy atom. The molecule has 1 saturated heterocycles. The highest BCUT2D eigenvalue weighted by atomic mass is 79.9. The van der Waals surface area contributed by atoms with E-state index in [1.807, 2.05) is 17.1 Å². The van der Waals surface area contributed by atoms with Crippen molar-refractivity contribution in [3.63, 3.8) is 0 Å². The van der Waals surface area contributed by atoms with E-state index in [2.05, 4.69) is 46.0 Å². The van der Waals surface area contributed by atoms with Gasteiger partial charge in [-0.2, -0.15) is 5.10 Å². The van der Waals surface area contributed by atoms with Crippen LogP contribution in [0, 0.1) is 5.92 Å². The third-order valence-corrected chi connectivity index (χ3v) is 7.55. The molecule has 2 aromatic rings. The molecule has 0 bridgehead atoms. The minimum Gasteiger partial charge on any atom is -0.466 e. The second-order valence-corrected chi connectivity index (χ2v) is 9.87. The Balaban J connectivity index is 1.90. The molecule has 0 aliphatic carbocycles. The Morgan fingerprint density at radius 2 is 2.11 bits per heavy atom. The predicted molar refractivity (Wildman–Crippen MR) is 138 cm³/mol. The Labute approximate surface area is 219 Å². The quantitative estimate of drug-likeness (QED) is 0.450. The number of methoxy groups -OCH3 is 1. The van der Waals surface area contributed by atoms with Gasteiger partial charge in [-0.25, -0.2) is 9.47 Å². The molecule has 1 amide bonds. The number of amides is 1. The maximum absolute atomic E-state index is 13.0. The van der Waals surface area contributed by atoms with Gasteiger partial charge in [0.1, 0.15) is 0 Å². The van der Waals surface area contributed by atoms with Gasteiger partial charge in [-0.15, -0.1) is 0 Å². The van der Waals surface area contributed by atoms with Gasteiger partial charge in [-0.05, 0) is 65.9 Å². The number of pyridine rings is 1. The number of morpholine rings is 1. The molecule has 194 valence electrons. The van der Waals surface area contributed by atoms with Crippen molar-refractivity contribution in [1.29, 1.82) is 0 Å². The molecular formula is C26H33BrN4O5. The summed E-state index contributed by atoms with van der Waals surface area (Å²) in [5, 5.41) is 4.84. The summed E-state index contributed by atoms with van der Waals surface area (Å²) in [7, 11) is 1.40. The molecule has 4 rings (SSSR count). The van der Waals surface area contributed by atoms with Crippen LogP contribution in [0.3, 0.4) is 0 Å². The number of rotatable bonds is 8. The van der Waals surface area contributed by atoms with Gasteiger partial charge in [0.15, 0.2) is 0 Å². The number of aromatic nitrogens is 2. The van der Waals surface area contributed by atoms with Gasteiger partial charge < -0.3 is 14.2 Å². The van der Waals surface area contributed by atoms with E-state index in [1.165, 1.54) is 7.11 Å². The number of esters is 1. The summed E-state index contributed by atoms with van der Waals surface area (Å²) in [5.41, 5.74) is 2.23. The van der Waals surface area contributed by atoms with Crippen molar-refractivity contribution in [2.75, 3.05) is 33.5 Å². The molecule has 1 fully saturated rings. The molecule has 9 nitrogen and oxygen atoms in total. The van der Waals surface area contributed by atoms with Crippen molar-refractivity contribution < 1.29 is 23.8 Å². The topological polar surface area (TPSA) is 95.2 Å². The van der Waals surface area contributed by atoms with Crippen LogP contribution in [0.1, 0.15) is 50.1 Å². The highest BCUT2D eigenvalue weighted by molar-refractivity contribution is 9.10. The number of halogens is 1. The average Bonchev–Trinajstić information content (AvgIpc) is 3.32. The lowest BCUT2D eigenvalue weighted by Crippen LogP contribution is -2.63. The number of aryl methyl sites for hydroxylation is 1. The maximum Gasteiger partial charge on any atom is 0.409 e. The molecule has 0 aromatic carbocycles. The van der Waals surface area contributed by atoms with E-state index >= 15 is 0 Å². The second kappa shape index (κ2) is 11.6. The first-order chi connectivity index (χ1) is 17.5. The summed E-state index contributed by atoms with van der Waals surface area (Å²) in [6.45, 7) is 5.43. The summed E-state index contributed by atoms with van der Waals surface area (Å²) in [6, 6.07) is 5.85. The van der Waals surface area contributed by atoms with E-state index in [9.17, 15) is 9.59 Å². The standard InChI is InChI=1S/C26H33BrN4O5/c1-4-21-9-10-22-26(19-13-20(27)16-28-14-19,23-17-35-12-11-30(23)25(33)34-3)18(15-29-31(21)22)7-6-8-24(32)36-5-2/h9-10,13-16,18,23H,4-8,11-12,17H2,1-3H3. The minimum absolute atomic E-state index is 0.144. The highest BCUT2D eigenvalue weighted by Crippen LogP contribution is 2.49. The maximum atomic E-state index is 13.0. The Hall–Kier alpha value is -2.72. The monoisotopic (exact) mass is 560 g/mol. The van der Waals surface area contributed by atoms with Crippen LogP contribution in [0.5, 0.6) is 0 Å². The van der Waals surface area contributed by atoms with E-state index in [0.717, 1.165) is 27.8 Å². The summed E-state index contributed by atoms with van der Waals surface area (Å²) in [4.78, 5) is 31.4. The van der Waals surface area contributed by atoms with Crippen LogP contribution >= 0.6 is 15.9 Å². The van der Waals surface area contributed by atoms with Gasteiger partial charge in [0.2, 0.25) is 0 Å². The van der Waals surface area contributed by atoms with Gasteiger partial charge in [-0.1, -0.05) is 6.92 Å². The predicted octanol–water partition coefficient (Wildman–Crippen LogP) is 4.16. The van der Waals surface area contributed by atoms with Crippen LogP contribution < -0.4 is 0 Å². The summed E-state index contributed by atoms with van der Waals surface area (Å²) < 4.78 is 19.2. The number of fused-ring (bicyclic) bond motifs is 1. The van der Waals surface area contributed by atoms with Crippen molar-refractivity contribution in [3.8, 4) is 0 Å². The van der Waals surface area contributed by atoms with Gasteiger partial charge in [0.05, 0.1) is 44.1 Å². The Kier molecular flexibility index (Phi) is 8.46. The number of nitrogens with zero attached hydrogens (tertiary/aromatic N) is 4. The molecule has 0 N–H and O–H groups in total. The smallest absolute Gasteiger partial charge is 0.409 e. The van der Waals surface area contributed by atoms with E-state index in [-0.39, 0.29) is 17.9 Å². The number of hydrogen-bond donors (Lipinski definition) is 0. The van der Waals surface area contributed by atoms with Crippen molar-refractivity contribution in [2.24, 2.45) is 11.0 Å². The van der Waals surface area contributed by atoms with Crippen molar-refractivity contribution in [2.45, 2.75) is 51.0 Å². The molecule has 2 aliphatic heterocycles. The van der Waals surface area contributed by atoms with Crippen molar-refractivity contribution in [3.05, 3.63) is 52.0 Å². The van der Waals surface area contributed by atoms with E-state index < -0.39 is 11.5 Å². The summed E-state index contributed by atoms with van der Waals surface area (Å²) >= 11 is 3.60. The first-order valence-electron chi connectivity index (χ1n) is 12.4. The van der Waals surface area contributed by atoms with Gasteiger partial charge >= 0.3 is 12.1 Å². The van der Waals surface area contributed by atoms with Crippen LogP contribution in [-0.4, -0.2) is 72.4 Å². The zero-order chi connectivity index (χ0) is 25.7. The molecule has 0 radical (unpaired) electrons. The molecule has 4 heterocycles. The minimum atomic E-state index is -0.741. The molecule has 0 saturated carbocycles. The average molecular weight is 561 g/mol. The van der Waals surface area contributed by atoms with E-state index in [1.54, 1.807) is 18.0 Å². The molecule has 2 aliphatic rings. The third kappa shape index (κ3) is 4.80. The fraction of sp³-hybridized carbons (Fsp3) is 0.538. The number of carbonyl (C=O) groups is 2. The highest BCUT2D eigenvalue weighted by Gasteiger charge is 2.55. The number of carbonyl (C=O) groups excluding carboxylic acids is 2. The van der Waals surface area contributed by atoms with Crippen LogP contribution in [0.25, 0.3) is 0 Å². The van der Waals surface area contributed by atoms with Gasteiger partial charge in [0, 0.05) is 47.7 Å². The molecule has 3 unspecified atom stereocenters. The van der Waals surface area contributed by atoms with Crippen LogP contribution in [-0.2, 0) is 30.8 Å². The third-order valence-electron chi connectivity index (χ3n) is 7.11. The SMILES string of the molecule is CCOC(=O)CCCC1C=Nn2c(CC)ccc2C1(c1cncc(Br)c1)C1COCCN1C(=O)OC. The molecular weight excluding hydrogens is 528 g/mol. The summed E-state index contributed by atoms with van der Waals surface area (Å²) in [5.74, 6) is -0.359. The first-order valence-corrected chi connectivity index (χ1v) is 13.2. The second-order valence-electron chi connectivity index (χ2n) is 8.96. The molecule has 2 aromatic heterocycles. The lowest BCUT2D eigenvalue weighted by atomic mass is 9.61. The van der Waals surface area contributed by atoms with Crippen molar-refractivity contribution in [1.82, 2.24) is 14.6 Å². The van der Waals surface area contributed by atoms with Crippen LogP contribution in [0.4, 0.5) is 4.79 Å². The Bertz CT molecular complexity index is 1120. The number of ether oxygens (including phenoxy) is 3. The fourth-order valence-electron chi connectivity index (χ4n) is 5.57.